The molecule has 0 aromatic heterocycles. The largest absolute Gasteiger partial charge is 0.369 e. The van der Waals surface area contributed by atoms with Gasteiger partial charge in [-0.25, -0.2) is 4.72 Å². The highest BCUT2D eigenvalue weighted by Crippen LogP contribution is 2.10. The molecule has 16 heavy (non-hydrogen) atoms. The van der Waals surface area contributed by atoms with E-state index in [-0.39, 0.29) is 0 Å². The van der Waals surface area contributed by atoms with Crippen LogP contribution in [-0.4, -0.2) is 14.4 Å². The third-order valence-electron chi connectivity index (χ3n) is 1.53. The number of anilines is 1. The Balaban J connectivity index is 2.89. The van der Waals surface area contributed by atoms with Gasteiger partial charge < -0.3 is 5.73 Å². The topological polar surface area (TPSA) is 108 Å². The van der Waals surface area contributed by atoms with E-state index in [1.54, 1.807) is 16.9 Å². The third-order valence-corrected chi connectivity index (χ3v) is 2.52. The smallest absolute Gasteiger partial charge is 0.323 e. The van der Waals surface area contributed by atoms with E-state index in [9.17, 15) is 8.42 Å². The zero-order valence-electron chi connectivity index (χ0n) is 8.19. The minimum absolute atomic E-state index is 0.296. The van der Waals surface area contributed by atoms with Crippen molar-refractivity contribution < 1.29 is 8.42 Å². The van der Waals surface area contributed by atoms with Crippen molar-refractivity contribution in [3.05, 3.63) is 29.8 Å². The summed E-state index contributed by atoms with van der Waals surface area (Å²) in [6.07, 6.45) is 5.17. The Hall–Kier alpha value is -2.20. The summed E-state index contributed by atoms with van der Waals surface area (Å²) in [5.41, 5.74) is 5.75. The Kier molecular flexibility index (Phi) is 3.37. The molecule has 1 rings (SSSR count). The van der Waals surface area contributed by atoms with Crippen LogP contribution in [-0.2, 0) is 10.2 Å². The molecule has 0 aliphatic carbocycles. The average molecular weight is 238 g/mol. The van der Waals surface area contributed by atoms with E-state index in [4.69, 9.17) is 17.6 Å². The molecule has 6 nitrogen and oxygen atoms in total. The first-order valence-electron chi connectivity index (χ1n) is 4.14. The normalized spacial score (nSPS) is 10.2. The summed E-state index contributed by atoms with van der Waals surface area (Å²) in [7, 11) is -3.88. The number of terminal acetylenes is 1. The Labute approximate surface area is 93.5 Å². The Bertz CT molecular complexity index is 545. The lowest BCUT2D eigenvalue weighted by atomic mass is 10.2. The lowest BCUT2D eigenvalue weighted by molar-refractivity contribution is 0.597. The molecule has 0 atom stereocenters. The predicted molar refractivity (Wildman–Crippen MR) is 62.0 cm³/mol. The van der Waals surface area contributed by atoms with Crippen LogP contribution >= 0.6 is 0 Å². The van der Waals surface area contributed by atoms with Crippen molar-refractivity contribution in [3.8, 4) is 12.3 Å². The highest BCUT2D eigenvalue weighted by molar-refractivity contribution is 7.91. The molecule has 1 aromatic carbocycles. The highest BCUT2D eigenvalue weighted by atomic mass is 32.2. The standard InChI is InChI=1S/C9H10N4O2S/c1-2-7-4-3-5-8(6-7)12-16(14,15)13-9(10)11/h1,3-6,12H,(H4,10,11,13). The number of benzene rings is 1. The fourth-order valence-electron chi connectivity index (χ4n) is 0.998. The van der Waals surface area contributed by atoms with Crippen molar-refractivity contribution in [3.63, 3.8) is 0 Å². The fraction of sp³-hybridized carbons (Fsp3) is 0. The van der Waals surface area contributed by atoms with Gasteiger partial charge in [0.2, 0.25) is 5.96 Å². The summed E-state index contributed by atoms with van der Waals surface area (Å²) < 4.78 is 26.6. The highest BCUT2D eigenvalue weighted by Gasteiger charge is 2.09. The first-order chi connectivity index (χ1) is 7.43. The number of nitrogens with one attached hydrogen (secondary N) is 3. The quantitative estimate of drug-likeness (QED) is 0.333. The van der Waals surface area contributed by atoms with Crippen LogP contribution in [0.15, 0.2) is 24.3 Å². The first-order valence-corrected chi connectivity index (χ1v) is 5.62. The molecule has 0 unspecified atom stereocenters. The minimum Gasteiger partial charge on any atom is -0.369 e. The van der Waals surface area contributed by atoms with Gasteiger partial charge in [-0.3, -0.25) is 10.1 Å². The van der Waals surface area contributed by atoms with Crippen LogP contribution in [0.3, 0.4) is 0 Å². The molecule has 0 fully saturated rings. The number of hydrogen-bond donors (Lipinski definition) is 4. The molecule has 0 amide bonds. The molecule has 0 bridgehead atoms. The lowest BCUT2D eigenvalue weighted by Gasteiger charge is -2.08. The zero-order chi connectivity index (χ0) is 12.2. The van der Waals surface area contributed by atoms with E-state index >= 15 is 0 Å². The van der Waals surface area contributed by atoms with Gasteiger partial charge in [0, 0.05) is 5.56 Å². The molecule has 84 valence electrons. The summed E-state index contributed by atoms with van der Waals surface area (Å²) in [5.74, 6) is 1.71. The fourth-order valence-corrected chi connectivity index (χ4v) is 1.78. The number of rotatable bonds is 3. The van der Waals surface area contributed by atoms with Gasteiger partial charge in [0.25, 0.3) is 0 Å². The van der Waals surface area contributed by atoms with Crippen LogP contribution in [0.5, 0.6) is 0 Å². The summed E-state index contributed by atoms with van der Waals surface area (Å²) in [5, 5.41) is 6.81. The van der Waals surface area contributed by atoms with Crippen LogP contribution in [0.1, 0.15) is 5.56 Å². The van der Waals surface area contributed by atoms with E-state index in [1.807, 2.05) is 0 Å². The van der Waals surface area contributed by atoms with Gasteiger partial charge in [-0.2, -0.15) is 8.42 Å². The third kappa shape index (κ3) is 3.51. The molecule has 1 aromatic rings. The molecule has 0 aliphatic rings. The molecular formula is C9H10N4O2S. The maximum Gasteiger partial charge on any atom is 0.323 e. The monoisotopic (exact) mass is 238 g/mol. The van der Waals surface area contributed by atoms with Gasteiger partial charge >= 0.3 is 10.2 Å². The van der Waals surface area contributed by atoms with Crippen molar-refractivity contribution in [2.75, 3.05) is 4.72 Å². The van der Waals surface area contributed by atoms with Crippen LogP contribution < -0.4 is 15.2 Å². The molecule has 0 saturated carbocycles. The van der Waals surface area contributed by atoms with Crippen molar-refractivity contribution in [2.45, 2.75) is 0 Å². The SMILES string of the molecule is C#Cc1cccc(NS(=O)(=O)NC(=N)N)c1. The van der Waals surface area contributed by atoms with Crippen LogP contribution in [0, 0.1) is 17.8 Å². The van der Waals surface area contributed by atoms with Gasteiger partial charge in [0.1, 0.15) is 0 Å². The van der Waals surface area contributed by atoms with E-state index in [0.717, 1.165) is 0 Å². The van der Waals surface area contributed by atoms with Crippen LogP contribution in [0.4, 0.5) is 5.69 Å². The molecule has 5 N–H and O–H groups in total. The van der Waals surface area contributed by atoms with E-state index in [0.29, 0.717) is 11.3 Å². The van der Waals surface area contributed by atoms with Crippen molar-refractivity contribution >= 4 is 21.9 Å². The van der Waals surface area contributed by atoms with Gasteiger partial charge in [0.05, 0.1) is 5.69 Å². The molecule has 0 heterocycles. The molecule has 0 radical (unpaired) electrons. The second kappa shape index (κ2) is 4.55. The summed E-state index contributed by atoms with van der Waals surface area (Å²) in [6.45, 7) is 0. The number of hydrogen-bond acceptors (Lipinski definition) is 3. The minimum atomic E-state index is -3.88. The maximum absolute atomic E-state index is 11.3. The van der Waals surface area contributed by atoms with Gasteiger partial charge in [0.15, 0.2) is 0 Å². The van der Waals surface area contributed by atoms with Crippen LogP contribution in [0.2, 0.25) is 0 Å². The molecule has 0 aliphatic heterocycles. The average Bonchev–Trinajstić information content (AvgIpc) is 2.15. The maximum atomic E-state index is 11.3. The summed E-state index contributed by atoms with van der Waals surface area (Å²) in [6, 6.07) is 6.29. The Morgan fingerprint density at radius 3 is 2.75 bits per heavy atom. The van der Waals surface area contributed by atoms with Gasteiger partial charge in [-0.15, -0.1) is 6.42 Å². The van der Waals surface area contributed by atoms with Crippen molar-refractivity contribution in [1.82, 2.24) is 4.72 Å². The first kappa shape index (κ1) is 11.9. The second-order valence-corrected chi connectivity index (χ2v) is 4.26. The van der Waals surface area contributed by atoms with Crippen molar-refractivity contribution in [1.29, 1.82) is 5.41 Å². The number of nitrogens with two attached hydrogens (primary N) is 1. The zero-order valence-corrected chi connectivity index (χ0v) is 9.01. The Morgan fingerprint density at radius 2 is 2.19 bits per heavy atom. The van der Waals surface area contributed by atoms with E-state index in [2.05, 4.69) is 10.6 Å². The Morgan fingerprint density at radius 1 is 1.50 bits per heavy atom. The molecule has 7 heteroatoms. The van der Waals surface area contributed by atoms with Gasteiger partial charge in [-0.05, 0) is 18.2 Å². The second-order valence-electron chi connectivity index (χ2n) is 2.85. The summed E-state index contributed by atoms with van der Waals surface area (Å²) >= 11 is 0. The van der Waals surface area contributed by atoms with E-state index < -0.39 is 16.2 Å². The lowest BCUT2D eigenvalue weighted by Crippen LogP contribution is -2.39. The number of guanidine groups is 1. The van der Waals surface area contributed by atoms with E-state index in [1.165, 1.54) is 12.1 Å². The molecule has 0 spiro atoms. The summed E-state index contributed by atoms with van der Waals surface area (Å²) in [4.78, 5) is 0. The predicted octanol–water partition coefficient (Wildman–Crippen LogP) is -0.192. The van der Waals surface area contributed by atoms with Crippen molar-refractivity contribution in [2.24, 2.45) is 5.73 Å². The molecule has 0 saturated heterocycles. The van der Waals surface area contributed by atoms with Gasteiger partial charge in [-0.1, -0.05) is 12.0 Å². The molecular weight excluding hydrogens is 228 g/mol. The van der Waals surface area contributed by atoms with Crippen LogP contribution in [0.25, 0.3) is 0 Å².